The summed E-state index contributed by atoms with van der Waals surface area (Å²) in [6.07, 6.45) is 2.00. The lowest BCUT2D eigenvalue weighted by molar-refractivity contribution is 0.668. The van der Waals surface area contributed by atoms with Crippen LogP contribution in [0, 0.1) is 0 Å². The van der Waals surface area contributed by atoms with Crippen molar-refractivity contribution in [1.29, 1.82) is 0 Å². The number of furan rings is 1. The molecule has 1 atom stereocenters. The Morgan fingerprint density at radius 2 is 0.966 bits per heavy atom. The Labute approximate surface area is 343 Å². The van der Waals surface area contributed by atoms with Crippen LogP contribution >= 0.6 is 0 Å². The highest BCUT2D eigenvalue weighted by atomic mass is 16.3. The van der Waals surface area contributed by atoms with Crippen molar-refractivity contribution in [2.45, 2.75) is 18.8 Å². The Balaban J connectivity index is 0.898. The average Bonchev–Trinajstić information content (AvgIpc) is 3.78. The summed E-state index contributed by atoms with van der Waals surface area (Å²) < 4.78 is 8.71. The van der Waals surface area contributed by atoms with Gasteiger partial charge in [0.25, 0.3) is 0 Å². The molecule has 1 aliphatic rings. The smallest absolute Gasteiger partial charge is 0.137 e. The van der Waals surface area contributed by atoms with Gasteiger partial charge >= 0.3 is 0 Å². The van der Waals surface area contributed by atoms with E-state index in [2.05, 4.69) is 199 Å². The van der Waals surface area contributed by atoms with Crippen molar-refractivity contribution in [2.24, 2.45) is 0 Å². The van der Waals surface area contributed by atoms with Gasteiger partial charge in [-0.1, -0.05) is 152 Å². The highest BCUT2D eigenvalue weighted by Crippen LogP contribution is 2.42. The average molecular weight is 754 g/mol. The minimum absolute atomic E-state index is 0.384. The second-order valence-corrected chi connectivity index (χ2v) is 16.1. The summed E-state index contributed by atoms with van der Waals surface area (Å²) in [6, 6.07) is 75.7. The summed E-state index contributed by atoms with van der Waals surface area (Å²) in [4.78, 5) is 0. The molecule has 9 aromatic carbocycles. The Morgan fingerprint density at radius 1 is 0.356 bits per heavy atom. The molecular formula is C57H39NO. The first-order chi connectivity index (χ1) is 29.2. The predicted octanol–water partition coefficient (Wildman–Crippen LogP) is 15.2. The van der Waals surface area contributed by atoms with Crippen LogP contribution < -0.4 is 0 Å². The van der Waals surface area contributed by atoms with Crippen LogP contribution in [0.15, 0.2) is 211 Å². The van der Waals surface area contributed by atoms with Crippen molar-refractivity contribution < 1.29 is 4.42 Å². The molecule has 2 heterocycles. The van der Waals surface area contributed by atoms with Crippen molar-refractivity contribution in [3.05, 3.63) is 223 Å². The third-order valence-electron chi connectivity index (χ3n) is 12.7. The second-order valence-electron chi connectivity index (χ2n) is 16.1. The normalized spacial score (nSPS) is 13.8. The molecular weight excluding hydrogens is 715 g/mol. The van der Waals surface area contributed by atoms with Gasteiger partial charge in [-0.05, 0) is 128 Å². The number of aromatic nitrogens is 1. The molecule has 0 saturated carbocycles. The van der Waals surface area contributed by atoms with Crippen molar-refractivity contribution in [1.82, 2.24) is 4.57 Å². The van der Waals surface area contributed by atoms with Crippen molar-refractivity contribution >= 4 is 43.7 Å². The first-order valence-corrected chi connectivity index (χ1v) is 20.6. The van der Waals surface area contributed by atoms with E-state index in [1.807, 2.05) is 12.1 Å². The standard InChI is InChI=1S/C57H39NO/c1-2-11-37(12-3-1)40-14-10-15-41(31-40)38-21-23-39(24-22-38)46-32-44-13-4-5-16-48(44)52-34-42(25-26-45(52)33-46)43-27-30-55-53(35-43)49-17-6-8-19-54(49)58(55)47-28-29-51-50-18-7-9-20-56(50)59-57(51)36-47/h1-31,34-36,46H,32-33H2. The van der Waals surface area contributed by atoms with E-state index in [0.29, 0.717) is 5.92 Å². The number of rotatable bonds is 5. The monoisotopic (exact) mass is 753 g/mol. The van der Waals surface area contributed by atoms with Gasteiger partial charge in [0.05, 0.1) is 11.0 Å². The third-order valence-corrected chi connectivity index (χ3v) is 12.7. The highest BCUT2D eigenvalue weighted by Gasteiger charge is 2.24. The lowest BCUT2D eigenvalue weighted by Gasteiger charge is -2.17. The Bertz CT molecular complexity index is 3380. The first-order valence-electron chi connectivity index (χ1n) is 20.6. The molecule has 2 heteroatoms. The van der Waals surface area contributed by atoms with Gasteiger partial charge in [-0.3, -0.25) is 0 Å². The zero-order valence-electron chi connectivity index (χ0n) is 32.5. The fraction of sp³-hybridized carbons (Fsp3) is 0.0526. The lowest BCUT2D eigenvalue weighted by Crippen LogP contribution is -2.05. The van der Waals surface area contributed by atoms with Crippen LogP contribution in [-0.2, 0) is 12.8 Å². The number of nitrogens with zero attached hydrogens (tertiary/aromatic N) is 1. The molecule has 59 heavy (non-hydrogen) atoms. The minimum atomic E-state index is 0.384. The number of benzene rings is 9. The van der Waals surface area contributed by atoms with Gasteiger partial charge in [0.1, 0.15) is 11.2 Å². The van der Waals surface area contributed by atoms with Crippen molar-refractivity contribution in [3.63, 3.8) is 0 Å². The Kier molecular flexibility index (Phi) is 7.77. The first kappa shape index (κ1) is 33.7. The maximum absolute atomic E-state index is 6.33. The van der Waals surface area contributed by atoms with Crippen LogP contribution in [0.3, 0.4) is 0 Å². The van der Waals surface area contributed by atoms with Crippen molar-refractivity contribution in [2.75, 3.05) is 0 Å². The quantitative estimate of drug-likeness (QED) is 0.171. The van der Waals surface area contributed by atoms with E-state index in [9.17, 15) is 0 Å². The fourth-order valence-corrected chi connectivity index (χ4v) is 9.73. The molecule has 12 rings (SSSR count). The molecule has 11 aromatic rings. The van der Waals surface area contributed by atoms with Crippen LogP contribution in [0.5, 0.6) is 0 Å². The SMILES string of the molecule is c1ccc(-c2cccc(-c3ccc(C4Cc5ccccc5-c5cc(-c6ccc7c(c6)c6ccccc6n7-c6ccc7c(c6)oc6ccccc67)ccc5C4)cc3)c2)cc1. The van der Waals surface area contributed by atoms with Gasteiger partial charge in [0, 0.05) is 33.3 Å². The predicted molar refractivity (Wildman–Crippen MR) is 246 cm³/mol. The van der Waals surface area contributed by atoms with Crippen LogP contribution in [-0.4, -0.2) is 4.57 Å². The van der Waals surface area contributed by atoms with Crippen molar-refractivity contribution in [3.8, 4) is 50.2 Å². The van der Waals surface area contributed by atoms with Crippen LogP contribution in [0.25, 0.3) is 93.9 Å². The van der Waals surface area contributed by atoms with E-state index >= 15 is 0 Å². The summed E-state index contributed by atoms with van der Waals surface area (Å²) in [7, 11) is 0. The van der Waals surface area contributed by atoms with Gasteiger partial charge in [-0.15, -0.1) is 0 Å². The largest absolute Gasteiger partial charge is 0.456 e. The fourth-order valence-electron chi connectivity index (χ4n) is 9.73. The topological polar surface area (TPSA) is 18.1 Å². The van der Waals surface area contributed by atoms with E-state index < -0.39 is 0 Å². The third kappa shape index (κ3) is 5.71. The van der Waals surface area contributed by atoms with E-state index in [0.717, 1.165) is 40.5 Å². The van der Waals surface area contributed by atoms with Crippen LogP contribution in [0.1, 0.15) is 22.6 Å². The highest BCUT2D eigenvalue weighted by molar-refractivity contribution is 6.11. The molecule has 1 aliphatic carbocycles. The zero-order valence-corrected chi connectivity index (χ0v) is 32.5. The zero-order chi connectivity index (χ0) is 38.9. The molecule has 2 aromatic heterocycles. The number of fused-ring (bicyclic) bond motifs is 9. The maximum atomic E-state index is 6.33. The lowest BCUT2D eigenvalue weighted by atomic mass is 9.87. The molecule has 0 spiro atoms. The second kappa shape index (κ2) is 13.6. The van der Waals surface area contributed by atoms with Gasteiger partial charge in [0.15, 0.2) is 0 Å². The molecule has 0 N–H and O–H groups in total. The molecule has 0 amide bonds. The van der Waals surface area contributed by atoms with Gasteiger partial charge in [0.2, 0.25) is 0 Å². The van der Waals surface area contributed by atoms with E-state index in [-0.39, 0.29) is 0 Å². The number of hydrogen-bond acceptors (Lipinski definition) is 1. The summed E-state index contributed by atoms with van der Waals surface area (Å²) >= 11 is 0. The molecule has 1 unspecified atom stereocenters. The van der Waals surface area contributed by atoms with Crippen LogP contribution in [0.2, 0.25) is 0 Å². The summed E-state index contributed by atoms with van der Waals surface area (Å²) in [5.74, 6) is 0.384. The maximum Gasteiger partial charge on any atom is 0.137 e. The van der Waals surface area contributed by atoms with Gasteiger partial charge < -0.3 is 8.98 Å². The molecule has 0 saturated heterocycles. The summed E-state index contributed by atoms with van der Waals surface area (Å²) in [5.41, 5.74) is 19.6. The molecule has 0 radical (unpaired) electrons. The Hall–Kier alpha value is -7.42. The molecule has 0 aliphatic heterocycles. The molecule has 2 nitrogen and oxygen atoms in total. The van der Waals surface area contributed by atoms with E-state index in [4.69, 9.17) is 4.42 Å². The summed E-state index contributed by atoms with van der Waals surface area (Å²) in [6.45, 7) is 0. The molecule has 0 fully saturated rings. The summed E-state index contributed by atoms with van der Waals surface area (Å²) in [5, 5.41) is 4.78. The van der Waals surface area contributed by atoms with Crippen LogP contribution in [0.4, 0.5) is 0 Å². The molecule has 278 valence electrons. The molecule has 0 bridgehead atoms. The van der Waals surface area contributed by atoms with E-state index in [1.165, 1.54) is 83.0 Å². The van der Waals surface area contributed by atoms with Gasteiger partial charge in [-0.2, -0.15) is 0 Å². The number of para-hydroxylation sites is 2. The minimum Gasteiger partial charge on any atom is -0.456 e. The Morgan fingerprint density at radius 3 is 1.83 bits per heavy atom. The number of hydrogen-bond donors (Lipinski definition) is 0. The van der Waals surface area contributed by atoms with E-state index in [1.54, 1.807) is 0 Å². The van der Waals surface area contributed by atoms with Gasteiger partial charge in [-0.25, -0.2) is 0 Å².